The van der Waals surface area contributed by atoms with Crippen molar-refractivity contribution in [2.24, 2.45) is 0 Å². The van der Waals surface area contributed by atoms with Crippen molar-refractivity contribution in [3.8, 4) is 0 Å². The minimum Gasteiger partial charge on any atom is -0.334 e. The highest BCUT2D eigenvalue weighted by Crippen LogP contribution is 2.21. The van der Waals surface area contributed by atoms with Gasteiger partial charge < -0.3 is 10.2 Å². The molecule has 5 nitrogen and oxygen atoms in total. The lowest BCUT2D eigenvalue weighted by atomic mass is 9.99. The fraction of sp³-hybridized carbons (Fsp3) is 0.350. The molecule has 1 aromatic carbocycles. The summed E-state index contributed by atoms with van der Waals surface area (Å²) in [5.41, 5.74) is 0.902. The number of hydrogen-bond donors (Lipinski definition) is 1. The average Bonchev–Trinajstić information content (AvgIpc) is 2.69. The van der Waals surface area contributed by atoms with E-state index >= 15 is 0 Å². The zero-order valence-corrected chi connectivity index (χ0v) is 14.7. The van der Waals surface area contributed by atoms with E-state index in [0.717, 1.165) is 32.2 Å². The average molecular weight is 355 g/mol. The Kier molecular flexibility index (Phi) is 5.61. The maximum atomic E-state index is 13.0. The highest BCUT2D eigenvalue weighted by Gasteiger charge is 2.27. The van der Waals surface area contributed by atoms with E-state index in [0.29, 0.717) is 5.69 Å². The Morgan fingerprint density at radius 1 is 1.15 bits per heavy atom. The van der Waals surface area contributed by atoms with Crippen LogP contribution in [0.4, 0.5) is 10.1 Å². The van der Waals surface area contributed by atoms with E-state index in [1.807, 2.05) is 4.90 Å². The quantitative estimate of drug-likeness (QED) is 0.905. The summed E-state index contributed by atoms with van der Waals surface area (Å²) in [6.45, 7) is 2.81. The molecule has 1 N–H and O–H groups in total. The standard InChI is InChI=1S/C20H22FN3O2/c1-2-16-6-3-4-13-24(16)20(26)18-8-5-7-17(23-18)19(25)22-15-11-9-14(21)10-12-15/h5,7-12,16H,2-4,6,13H2,1H3,(H,22,25). The van der Waals surface area contributed by atoms with E-state index in [9.17, 15) is 14.0 Å². The number of likely N-dealkylation sites (tertiary alicyclic amines) is 1. The summed E-state index contributed by atoms with van der Waals surface area (Å²) in [6, 6.07) is 10.6. The third-order valence-corrected chi connectivity index (χ3v) is 4.66. The number of halogens is 1. The summed E-state index contributed by atoms with van der Waals surface area (Å²) in [5.74, 6) is -0.939. The van der Waals surface area contributed by atoms with Crippen molar-refractivity contribution in [2.45, 2.75) is 38.6 Å². The third kappa shape index (κ3) is 4.07. The van der Waals surface area contributed by atoms with E-state index in [4.69, 9.17) is 0 Å². The van der Waals surface area contributed by atoms with Gasteiger partial charge in [0.2, 0.25) is 0 Å². The lowest BCUT2D eigenvalue weighted by Gasteiger charge is -2.35. The largest absolute Gasteiger partial charge is 0.334 e. The molecular formula is C20H22FN3O2. The van der Waals surface area contributed by atoms with Crippen LogP contribution >= 0.6 is 0 Å². The number of carbonyl (C=O) groups is 2. The first kappa shape index (κ1) is 18.0. The summed E-state index contributed by atoms with van der Waals surface area (Å²) >= 11 is 0. The molecule has 0 saturated carbocycles. The van der Waals surface area contributed by atoms with Crippen molar-refractivity contribution in [1.82, 2.24) is 9.88 Å². The molecule has 26 heavy (non-hydrogen) atoms. The molecule has 0 aliphatic carbocycles. The number of piperidine rings is 1. The number of pyridine rings is 1. The van der Waals surface area contributed by atoms with Crippen LogP contribution in [0.1, 0.15) is 53.6 Å². The number of hydrogen-bond acceptors (Lipinski definition) is 3. The van der Waals surface area contributed by atoms with Crippen LogP contribution in [0.3, 0.4) is 0 Å². The van der Waals surface area contributed by atoms with Crippen molar-refractivity contribution >= 4 is 17.5 Å². The van der Waals surface area contributed by atoms with Crippen molar-refractivity contribution in [2.75, 3.05) is 11.9 Å². The Balaban J connectivity index is 1.75. The number of nitrogens with zero attached hydrogens (tertiary/aromatic N) is 2. The molecule has 2 heterocycles. The predicted molar refractivity (Wildman–Crippen MR) is 97.6 cm³/mol. The summed E-state index contributed by atoms with van der Waals surface area (Å²) in [5, 5.41) is 2.66. The van der Waals surface area contributed by atoms with Crippen molar-refractivity contribution in [3.63, 3.8) is 0 Å². The molecule has 1 aliphatic rings. The van der Waals surface area contributed by atoms with Crippen LogP contribution in [0, 0.1) is 5.82 Å². The van der Waals surface area contributed by atoms with Crippen LogP contribution in [0.5, 0.6) is 0 Å². The van der Waals surface area contributed by atoms with Gasteiger partial charge in [0.1, 0.15) is 17.2 Å². The van der Waals surface area contributed by atoms with Gasteiger partial charge in [-0.05, 0) is 62.1 Å². The van der Waals surface area contributed by atoms with E-state index in [-0.39, 0.29) is 29.2 Å². The smallest absolute Gasteiger partial charge is 0.274 e. The first-order valence-electron chi connectivity index (χ1n) is 8.93. The normalized spacial score (nSPS) is 17.0. The maximum Gasteiger partial charge on any atom is 0.274 e. The van der Waals surface area contributed by atoms with Gasteiger partial charge in [0.25, 0.3) is 11.8 Å². The number of anilines is 1. The minimum absolute atomic E-state index is 0.131. The summed E-state index contributed by atoms with van der Waals surface area (Å²) in [4.78, 5) is 31.3. The molecule has 0 radical (unpaired) electrons. The van der Waals surface area contributed by atoms with Gasteiger partial charge in [-0.15, -0.1) is 0 Å². The monoisotopic (exact) mass is 355 g/mol. The van der Waals surface area contributed by atoms with Crippen LogP contribution in [-0.2, 0) is 0 Å². The first-order chi connectivity index (χ1) is 12.6. The third-order valence-electron chi connectivity index (χ3n) is 4.66. The van der Waals surface area contributed by atoms with E-state index in [2.05, 4.69) is 17.2 Å². The highest BCUT2D eigenvalue weighted by atomic mass is 19.1. The Morgan fingerprint density at radius 2 is 1.88 bits per heavy atom. The molecule has 3 rings (SSSR count). The van der Waals surface area contributed by atoms with Crippen molar-refractivity contribution < 1.29 is 14.0 Å². The van der Waals surface area contributed by atoms with Crippen LogP contribution in [0.2, 0.25) is 0 Å². The SMILES string of the molecule is CCC1CCCCN1C(=O)c1cccc(C(=O)Nc2ccc(F)cc2)n1. The number of amides is 2. The number of nitrogens with one attached hydrogen (secondary N) is 1. The molecule has 1 unspecified atom stereocenters. The second-order valence-corrected chi connectivity index (χ2v) is 6.43. The number of benzene rings is 1. The molecule has 6 heteroatoms. The Hall–Kier alpha value is -2.76. The molecule has 1 fully saturated rings. The summed E-state index contributed by atoms with van der Waals surface area (Å²) in [7, 11) is 0. The Morgan fingerprint density at radius 3 is 2.62 bits per heavy atom. The van der Waals surface area contributed by atoms with Gasteiger partial charge in [-0.25, -0.2) is 9.37 Å². The highest BCUT2D eigenvalue weighted by molar-refractivity contribution is 6.03. The lowest BCUT2D eigenvalue weighted by molar-refractivity contribution is 0.0602. The molecule has 1 aromatic heterocycles. The topological polar surface area (TPSA) is 62.3 Å². The molecule has 2 aromatic rings. The molecule has 1 saturated heterocycles. The molecule has 1 atom stereocenters. The predicted octanol–water partition coefficient (Wildman–Crippen LogP) is 3.88. The van der Waals surface area contributed by atoms with Gasteiger partial charge in [-0.2, -0.15) is 0 Å². The van der Waals surface area contributed by atoms with Crippen LogP contribution in [0.15, 0.2) is 42.5 Å². The van der Waals surface area contributed by atoms with E-state index in [1.54, 1.807) is 18.2 Å². The number of rotatable bonds is 4. The molecule has 2 amide bonds. The van der Waals surface area contributed by atoms with Crippen molar-refractivity contribution in [3.05, 3.63) is 59.7 Å². The molecule has 1 aliphatic heterocycles. The van der Waals surface area contributed by atoms with E-state index < -0.39 is 5.91 Å². The second kappa shape index (κ2) is 8.08. The Bertz CT molecular complexity index is 792. The Labute approximate surface area is 152 Å². The molecule has 0 spiro atoms. The van der Waals surface area contributed by atoms with Gasteiger partial charge >= 0.3 is 0 Å². The van der Waals surface area contributed by atoms with Crippen LogP contribution in [-0.4, -0.2) is 34.3 Å². The number of aromatic nitrogens is 1. The fourth-order valence-electron chi connectivity index (χ4n) is 3.25. The number of carbonyl (C=O) groups excluding carboxylic acids is 2. The van der Waals surface area contributed by atoms with Gasteiger partial charge in [0.15, 0.2) is 0 Å². The summed E-state index contributed by atoms with van der Waals surface area (Å²) in [6.07, 6.45) is 4.05. The van der Waals surface area contributed by atoms with Gasteiger partial charge in [-0.3, -0.25) is 9.59 Å². The second-order valence-electron chi connectivity index (χ2n) is 6.43. The fourth-order valence-corrected chi connectivity index (χ4v) is 3.25. The summed E-state index contributed by atoms with van der Waals surface area (Å²) < 4.78 is 13.0. The van der Waals surface area contributed by atoms with Crippen LogP contribution in [0.25, 0.3) is 0 Å². The van der Waals surface area contributed by atoms with Gasteiger partial charge in [0.05, 0.1) is 0 Å². The molecule has 0 bridgehead atoms. The lowest BCUT2D eigenvalue weighted by Crippen LogP contribution is -2.43. The minimum atomic E-state index is -0.433. The maximum absolute atomic E-state index is 13.0. The van der Waals surface area contributed by atoms with E-state index in [1.165, 1.54) is 24.3 Å². The van der Waals surface area contributed by atoms with Gasteiger partial charge in [-0.1, -0.05) is 13.0 Å². The van der Waals surface area contributed by atoms with Crippen LogP contribution < -0.4 is 5.32 Å². The van der Waals surface area contributed by atoms with Gasteiger partial charge in [0, 0.05) is 18.3 Å². The van der Waals surface area contributed by atoms with Crippen molar-refractivity contribution in [1.29, 1.82) is 0 Å². The molecular weight excluding hydrogens is 333 g/mol. The molecule has 136 valence electrons. The first-order valence-corrected chi connectivity index (χ1v) is 8.93. The zero-order chi connectivity index (χ0) is 18.5. The zero-order valence-electron chi connectivity index (χ0n) is 14.7.